The minimum absolute atomic E-state index is 0.501. The highest BCUT2D eigenvalue weighted by Crippen LogP contribution is 2.26. The van der Waals surface area contributed by atoms with E-state index in [0.717, 1.165) is 24.4 Å². The molecule has 2 aliphatic heterocycles. The molecule has 0 aliphatic carbocycles. The number of nitrogens with zero attached hydrogens (tertiary/aromatic N) is 5. The molecule has 0 atom stereocenters. The molecule has 6 nitrogen and oxygen atoms in total. The molecule has 0 amide bonds. The third kappa shape index (κ3) is 1.89. The molecular weight excluding hydrogens is 252 g/mol. The topological polar surface area (TPSA) is 82.5 Å². The van der Waals surface area contributed by atoms with Crippen LogP contribution in [0.4, 0.5) is 5.82 Å². The number of hydrogen-bond donors (Lipinski definition) is 1. The summed E-state index contributed by atoms with van der Waals surface area (Å²) in [6.07, 6.45) is 1.76. The van der Waals surface area contributed by atoms with Crippen molar-refractivity contribution >= 4 is 5.82 Å². The summed E-state index contributed by atoms with van der Waals surface area (Å²) < 4.78 is 1.91. The summed E-state index contributed by atoms with van der Waals surface area (Å²) in [5, 5.41) is 11.5. The third-order valence-electron chi connectivity index (χ3n) is 3.39. The van der Waals surface area contributed by atoms with Crippen LogP contribution in [0, 0.1) is 0 Å². The Morgan fingerprint density at radius 2 is 1.80 bits per heavy atom. The van der Waals surface area contributed by atoms with E-state index in [9.17, 15) is 0 Å². The summed E-state index contributed by atoms with van der Waals surface area (Å²) in [5.74, 6) is 1.88. The van der Waals surface area contributed by atoms with Crippen molar-refractivity contribution < 1.29 is 0 Å². The van der Waals surface area contributed by atoms with Crippen molar-refractivity contribution in [3.05, 3.63) is 35.7 Å². The van der Waals surface area contributed by atoms with Crippen LogP contribution in [-0.2, 0) is 12.8 Å². The van der Waals surface area contributed by atoms with E-state index in [-0.39, 0.29) is 0 Å². The van der Waals surface area contributed by atoms with Crippen LogP contribution in [0.15, 0.2) is 24.3 Å². The Hall–Kier alpha value is -2.50. The van der Waals surface area contributed by atoms with Crippen LogP contribution in [0.25, 0.3) is 17.2 Å². The first kappa shape index (κ1) is 12.5. The maximum atomic E-state index is 6.22. The maximum absolute atomic E-state index is 6.22. The normalized spacial score (nSPS) is 11.1. The second-order valence-corrected chi connectivity index (χ2v) is 4.58. The number of aromatic nitrogens is 5. The van der Waals surface area contributed by atoms with Gasteiger partial charge in [0.25, 0.3) is 0 Å². The van der Waals surface area contributed by atoms with E-state index in [1.54, 1.807) is 0 Å². The summed E-state index contributed by atoms with van der Waals surface area (Å²) in [6, 6.07) is 8.29. The van der Waals surface area contributed by atoms with Gasteiger partial charge in [-0.2, -0.15) is 0 Å². The lowest BCUT2D eigenvalue weighted by molar-refractivity contribution is 0.843. The quantitative estimate of drug-likeness (QED) is 0.784. The third-order valence-corrected chi connectivity index (χ3v) is 3.39. The van der Waals surface area contributed by atoms with Gasteiger partial charge < -0.3 is 5.73 Å². The van der Waals surface area contributed by atoms with Gasteiger partial charge in [0.05, 0.1) is 0 Å². The van der Waals surface area contributed by atoms with Crippen molar-refractivity contribution in [1.29, 1.82) is 0 Å². The first-order valence-corrected chi connectivity index (χ1v) is 6.70. The number of aryl methyl sites for hydroxylation is 2. The fourth-order valence-electron chi connectivity index (χ4n) is 2.27. The van der Waals surface area contributed by atoms with Gasteiger partial charge in [-0.1, -0.05) is 26.0 Å². The van der Waals surface area contributed by atoms with Crippen LogP contribution in [0.3, 0.4) is 0 Å². The molecule has 1 aromatic carbocycles. The Balaban J connectivity index is 2.23. The Kier molecular flexibility index (Phi) is 3.06. The van der Waals surface area contributed by atoms with E-state index in [4.69, 9.17) is 5.73 Å². The molecule has 3 rings (SSSR count). The summed E-state index contributed by atoms with van der Waals surface area (Å²) in [7, 11) is 0. The molecule has 2 heterocycles. The molecule has 0 saturated carbocycles. The Labute approximate surface area is 117 Å². The van der Waals surface area contributed by atoms with Crippen molar-refractivity contribution in [2.75, 3.05) is 5.73 Å². The maximum Gasteiger partial charge on any atom is 0.209 e. The zero-order valence-electron chi connectivity index (χ0n) is 11.5. The minimum atomic E-state index is 0.501. The second-order valence-electron chi connectivity index (χ2n) is 4.58. The van der Waals surface area contributed by atoms with Crippen LogP contribution in [0.2, 0.25) is 0 Å². The van der Waals surface area contributed by atoms with Crippen LogP contribution in [-0.4, -0.2) is 25.0 Å². The van der Waals surface area contributed by atoms with Crippen molar-refractivity contribution in [2.45, 2.75) is 26.7 Å². The van der Waals surface area contributed by atoms with Gasteiger partial charge in [0, 0.05) is 12.1 Å². The van der Waals surface area contributed by atoms with E-state index in [2.05, 4.69) is 39.5 Å². The van der Waals surface area contributed by atoms with Gasteiger partial charge in [-0.25, -0.2) is 4.98 Å². The second kappa shape index (κ2) is 4.88. The number of anilines is 1. The lowest BCUT2D eigenvalue weighted by atomic mass is 10.1. The van der Waals surface area contributed by atoms with Crippen molar-refractivity contribution in [3.63, 3.8) is 0 Å². The molecular formula is C14H16N6. The number of benzene rings is 1. The molecule has 0 spiro atoms. The smallest absolute Gasteiger partial charge is 0.209 e. The van der Waals surface area contributed by atoms with Crippen molar-refractivity contribution in [1.82, 2.24) is 25.0 Å². The number of rotatable bonds is 3. The largest absolute Gasteiger partial charge is 0.383 e. The number of fused-ring (bicyclic) bond motifs is 1. The molecule has 2 aliphatic rings. The standard InChI is InChI=1S/C14H16N6/c1-3-9-5-7-10(8-6-9)20-11(4-2)16-14-12(13(20)15)17-19-18-14/h5-8H,3-4,15H2,1-2H3. The zero-order valence-corrected chi connectivity index (χ0v) is 11.5. The van der Waals surface area contributed by atoms with E-state index >= 15 is 0 Å². The SMILES string of the molecule is CCc1ccc(-n2c(CC)nc3nnnc-3c2N)cc1. The van der Waals surface area contributed by atoms with E-state index in [1.807, 2.05) is 23.6 Å². The van der Waals surface area contributed by atoms with Crippen LogP contribution in [0.1, 0.15) is 25.2 Å². The van der Waals surface area contributed by atoms with E-state index in [1.165, 1.54) is 5.56 Å². The van der Waals surface area contributed by atoms with Crippen LogP contribution in [0.5, 0.6) is 0 Å². The molecule has 0 unspecified atom stereocenters. The number of nitrogen functional groups attached to an aromatic ring is 1. The molecule has 0 radical (unpaired) electrons. The van der Waals surface area contributed by atoms with Gasteiger partial charge in [0.15, 0.2) is 5.69 Å². The summed E-state index contributed by atoms with van der Waals surface area (Å²) in [4.78, 5) is 4.48. The molecule has 20 heavy (non-hydrogen) atoms. The summed E-state index contributed by atoms with van der Waals surface area (Å²) in [5.41, 5.74) is 9.03. The zero-order chi connectivity index (χ0) is 14.1. The molecule has 6 heteroatoms. The minimum Gasteiger partial charge on any atom is -0.383 e. The molecule has 0 aromatic heterocycles. The summed E-state index contributed by atoms with van der Waals surface area (Å²) >= 11 is 0. The lowest BCUT2D eigenvalue weighted by Gasteiger charge is -2.16. The average Bonchev–Trinajstić information content (AvgIpc) is 2.96. The molecule has 0 saturated heterocycles. The summed E-state index contributed by atoms with van der Waals surface area (Å²) in [6.45, 7) is 4.17. The van der Waals surface area contributed by atoms with Gasteiger partial charge in [-0.15, -0.1) is 10.2 Å². The molecule has 1 aromatic rings. The molecule has 102 valence electrons. The van der Waals surface area contributed by atoms with Gasteiger partial charge in [0.2, 0.25) is 5.82 Å². The van der Waals surface area contributed by atoms with Crippen molar-refractivity contribution in [2.24, 2.45) is 0 Å². The predicted molar refractivity (Wildman–Crippen MR) is 76.7 cm³/mol. The Morgan fingerprint density at radius 1 is 1.05 bits per heavy atom. The predicted octanol–water partition coefficient (Wildman–Crippen LogP) is 1.87. The van der Waals surface area contributed by atoms with Gasteiger partial charge >= 0.3 is 0 Å². The highest BCUT2D eigenvalue weighted by Gasteiger charge is 2.19. The highest BCUT2D eigenvalue weighted by molar-refractivity contribution is 5.67. The first-order chi connectivity index (χ1) is 9.74. The first-order valence-electron chi connectivity index (χ1n) is 6.70. The van der Waals surface area contributed by atoms with Gasteiger partial charge in [-0.05, 0) is 29.3 Å². The Morgan fingerprint density at radius 3 is 2.45 bits per heavy atom. The fraction of sp³-hybridized carbons (Fsp3) is 0.286. The van der Waals surface area contributed by atoms with E-state index < -0.39 is 0 Å². The number of nitrogens with two attached hydrogens (primary N) is 1. The Bertz CT molecular complexity index is 700. The monoisotopic (exact) mass is 268 g/mol. The molecule has 0 bridgehead atoms. The van der Waals surface area contributed by atoms with Crippen LogP contribution >= 0.6 is 0 Å². The van der Waals surface area contributed by atoms with E-state index in [0.29, 0.717) is 17.3 Å². The number of hydrogen-bond acceptors (Lipinski definition) is 5. The van der Waals surface area contributed by atoms with Crippen LogP contribution < -0.4 is 5.73 Å². The van der Waals surface area contributed by atoms with Gasteiger partial charge in [-0.3, -0.25) is 4.57 Å². The fourth-order valence-corrected chi connectivity index (χ4v) is 2.27. The van der Waals surface area contributed by atoms with Crippen molar-refractivity contribution in [3.8, 4) is 17.2 Å². The average molecular weight is 268 g/mol. The molecule has 0 fully saturated rings. The highest BCUT2D eigenvalue weighted by atomic mass is 15.4. The molecule has 2 N–H and O–H groups in total. The lowest BCUT2D eigenvalue weighted by Crippen LogP contribution is -2.14. The van der Waals surface area contributed by atoms with Gasteiger partial charge in [0.1, 0.15) is 11.6 Å².